The number of rotatable bonds is 4. The smallest absolute Gasteiger partial charge is 0.270 e. The largest absolute Gasteiger partial charge is 0.356 e. The van der Waals surface area contributed by atoms with Crippen LogP contribution >= 0.6 is 0 Å². The normalized spacial score (nSPS) is 17.4. The lowest BCUT2D eigenvalue weighted by Gasteiger charge is -2.32. The van der Waals surface area contributed by atoms with Gasteiger partial charge in [-0.15, -0.1) is 0 Å². The minimum Gasteiger partial charge on any atom is -0.356 e. The fourth-order valence-corrected chi connectivity index (χ4v) is 3.14. The molecule has 0 saturated carbocycles. The van der Waals surface area contributed by atoms with Gasteiger partial charge in [-0.3, -0.25) is 4.79 Å². The molecule has 132 valence electrons. The molecule has 1 aromatic heterocycles. The number of carbonyl (C=O) groups excluding carboxylic acids is 1. The van der Waals surface area contributed by atoms with Crippen LogP contribution in [0.1, 0.15) is 41.6 Å². The molecular formula is C19H23FN4O. The lowest BCUT2D eigenvalue weighted by atomic mass is 10.0. The van der Waals surface area contributed by atoms with Crippen molar-refractivity contribution < 1.29 is 9.18 Å². The Hall–Kier alpha value is -2.50. The first-order chi connectivity index (χ1) is 12.0. The van der Waals surface area contributed by atoms with E-state index in [2.05, 4.69) is 27.1 Å². The van der Waals surface area contributed by atoms with E-state index >= 15 is 0 Å². The number of carbonyl (C=O) groups is 1. The number of hydrogen-bond acceptors (Lipinski definition) is 4. The third-order valence-electron chi connectivity index (χ3n) is 4.44. The molecule has 0 radical (unpaired) electrons. The Kier molecular flexibility index (Phi) is 5.26. The van der Waals surface area contributed by atoms with Gasteiger partial charge < -0.3 is 10.2 Å². The molecule has 1 atom stereocenters. The molecule has 3 rings (SSSR count). The fourth-order valence-electron chi connectivity index (χ4n) is 3.14. The Morgan fingerprint density at radius 2 is 2.16 bits per heavy atom. The Labute approximate surface area is 147 Å². The minimum absolute atomic E-state index is 0.130. The number of aromatic nitrogens is 2. The van der Waals surface area contributed by atoms with Gasteiger partial charge in [0.1, 0.15) is 23.2 Å². The maximum absolute atomic E-state index is 13.7. The number of nitrogens with zero attached hydrogens (tertiary/aromatic N) is 3. The van der Waals surface area contributed by atoms with E-state index in [0.717, 1.165) is 25.3 Å². The first-order valence-corrected chi connectivity index (χ1v) is 8.65. The molecule has 1 saturated heterocycles. The van der Waals surface area contributed by atoms with Gasteiger partial charge in [0.05, 0.1) is 0 Å². The maximum Gasteiger partial charge on any atom is 0.270 e. The van der Waals surface area contributed by atoms with E-state index in [9.17, 15) is 9.18 Å². The first kappa shape index (κ1) is 17.3. The highest BCUT2D eigenvalue weighted by molar-refractivity contribution is 5.92. The second kappa shape index (κ2) is 7.59. The van der Waals surface area contributed by atoms with Crippen molar-refractivity contribution in [2.24, 2.45) is 5.92 Å². The zero-order chi connectivity index (χ0) is 17.8. The molecule has 1 fully saturated rings. The van der Waals surface area contributed by atoms with Gasteiger partial charge in [-0.05, 0) is 31.7 Å². The van der Waals surface area contributed by atoms with Crippen molar-refractivity contribution in [3.8, 4) is 0 Å². The summed E-state index contributed by atoms with van der Waals surface area (Å²) in [5, 5.41) is 2.73. The first-order valence-electron chi connectivity index (χ1n) is 8.65. The number of nitrogens with one attached hydrogen (secondary N) is 1. The van der Waals surface area contributed by atoms with Crippen molar-refractivity contribution in [3.05, 3.63) is 53.2 Å². The van der Waals surface area contributed by atoms with Gasteiger partial charge in [0.2, 0.25) is 0 Å². The van der Waals surface area contributed by atoms with Gasteiger partial charge in [-0.1, -0.05) is 25.1 Å². The summed E-state index contributed by atoms with van der Waals surface area (Å²) in [5.41, 5.74) is 0.767. The molecule has 1 unspecified atom stereocenters. The molecule has 1 aromatic carbocycles. The molecule has 2 heterocycles. The van der Waals surface area contributed by atoms with Crippen LogP contribution in [0.3, 0.4) is 0 Å². The van der Waals surface area contributed by atoms with Crippen LogP contribution in [0.2, 0.25) is 0 Å². The molecule has 6 heteroatoms. The van der Waals surface area contributed by atoms with Crippen molar-refractivity contribution in [3.63, 3.8) is 0 Å². The van der Waals surface area contributed by atoms with Gasteiger partial charge in [-0.2, -0.15) is 0 Å². The molecule has 5 nitrogen and oxygen atoms in total. The Balaban J connectivity index is 1.73. The Morgan fingerprint density at radius 1 is 1.36 bits per heavy atom. The summed E-state index contributed by atoms with van der Waals surface area (Å²) in [7, 11) is 0. The number of hydrogen-bond donors (Lipinski definition) is 1. The molecule has 0 bridgehead atoms. The summed E-state index contributed by atoms with van der Waals surface area (Å²) in [4.78, 5) is 23.4. The highest BCUT2D eigenvalue weighted by Crippen LogP contribution is 2.22. The molecule has 0 spiro atoms. The van der Waals surface area contributed by atoms with E-state index in [0.29, 0.717) is 23.0 Å². The summed E-state index contributed by atoms with van der Waals surface area (Å²) >= 11 is 0. The summed E-state index contributed by atoms with van der Waals surface area (Å²) in [5.74, 6) is 1.31. The summed E-state index contributed by atoms with van der Waals surface area (Å²) in [6.07, 6.45) is 2.34. The molecule has 1 aliphatic rings. The predicted molar refractivity (Wildman–Crippen MR) is 95.0 cm³/mol. The number of amides is 1. The van der Waals surface area contributed by atoms with Gasteiger partial charge in [0.15, 0.2) is 0 Å². The third kappa shape index (κ3) is 4.32. The molecule has 1 N–H and O–H groups in total. The van der Waals surface area contributed by atoms with E-state index in [4.69, 9.17) is 0 Å². The van der Waals surface area contributed by atoms with Crippen LogP contribution in [0, 0.1) is 18.7 Å². The summed E-state index contributed by atoms with van der Waals surface area (Å²) in [6, 6.07) is 8.13. The molecule has 25 heavy (non-hydrogen) atoms. The van der Waals surface area contributed by atoms with Gasteiger partial charge >= 0.3 is 0 Å². The predicted octanol–water partition coefficient (Wildman–Crippen LogP) is 3.09. The van der Waals surface area contributed by atoms with Gasteiger partial charge in [0, 0.05) is 31.3 Å². The maximum atomic E-state index is 13.7. The van der Waals surface area contributed by atoms with Crippen molar-refractivity contribution in [1.82, 2.24) is 15.3 Å². The van der Waals surface area contributed by atoms with E-state index in [1.807, 2.05) is 0 Å². The zero-order valence-electron chi connectivity index (χ0n) is 14.6. The molecule has 0 aliphatic carbocycles. The fraction of sp³-hybridized carbons (Fsp3) is 0.421. The third-order valence-corrected chi connectivity index (χ3v) is 4.44. The van der Waals surface area contributed by atoms with E-state index in [1.54, 1.807) is 31.2 Å². The summed E-state index contributed by atoms with van der Waals surface area (Å²) in [6.45, 7) is 6.02. The quantitative estimate of drug-likeness (QED) is 0.928. The number of benzene rings is 1. The van der Waals surface area contributed by atoms with Crippen molar-refractivity contribution in [1.29, 1.82) is 0 Å². The Morgan fingerprint density at radius 3 is 2.92 bits per heavy atom. The monoisotopic (exact) mass is 342 g/mol. The number of anilines is 1. The number of halogens is 1. The second-order valence-electron chi connectivity index (χ2n) is 6.63. The van der Waals surface area contributed by atoms with Crippen LogP contribution in [-0.2, 0) is 6.54 Å². The number of piperidine rings is 1. The van der Waals surface area contributed by atoms with Crippen LogP contribution in [0.4, 0.5) is 10.2 Å². The van der Waals surface area contributed by atoms with Crippen LogP contribution in [-0.4, -0.2) is 29.0 Å². The van der Waals surface area contributed by atoms with Gasteiger partial charge in [0.25, 0.3) is 5.91 Å². The van der Waals surface area contributed by atoms with Crippen molar-refractivity contribution >= 4 is 11.7 Å². The lowest BCUT2D eigenvalue weighted by Crippen LogP contribution is -2.35. The van der Waals surface area contributed by atoms with Crippen molar-refractivity contribution in [2.75, 3.05) is 18.0 Å². The second-order valence-corrected chi connectivity index (χ2v) is 6.63. The SMILES string of the molecule is Cc1nc(C(=O)NCc2ccccc2F)cc(N2CCCC(C)C2)n1. The van der Waals surface area contributed by atoms with Gasteiger partial charge in [-0.25, -0.2) is 14.4 Å². The molecule has 2 aromatic rings. The van der Waals surface area contributed by atoms with Crippen molar-refractivity contribution in [2.45, 2.75) is 33.2 Å². The highest BCUT2D eigenvalue weighted by Gasteiger charge is 2.20. The zero-order valence-corrected chi connectivity index (χ0v) is 14.6. The van der Waals surface area contributed by atoms with Crippen LogP contribution in [0.25, 0.3) is 0 Å². The lowest BCUT2D eigenvalue weighted by molar-refractivity contribution is 0.0945. The van der Waals surface area contributed by atoms with E-state index < -0.39 is 0 Å². The molecular weight excluding hydrogens is 319 g/mol. The summed E-state index contributed by atoms with van der Waals surface area (Å²) < 4.78 is 13.7. The van der Waals surface area contributed by atoms with Crippen LogP contribution in [0.5, 0.6) is 0 Å². The average molecular weight is 342 g/mol. The van der Waals surface area contributed by atoms with Crippen LogP contribution in [0.15, 0.2) is 30.3 Å². The Bertz CT molecular complexity index is 765. The molecule has 1 amide bonds. The van der Waals surface area contributed by atoms with E-state index in [-0.39, 0.29) is 18.3 Å². The topological polar surface area (TPSA) is 58.1 Å². The highest BCUT2D eigenvalue weighted by atomic mass is 19.1. The standard InChI is InChI=1S/C19H23FN4O/c1-13-6-5-9-24(12-13)18-10-17(22-14(2)23-18)19(25)21-11-15-7-3-4-8-16(15)20/h3-4,7-8,10,13H,5-6,9,11-12H2,1-2H3,(H,21,25). The number of aryl methyl sites for hydroxylation is 1. The minimum atomic E-state index is -0.329. The van der Waals surface area contributed by atoms with Crippen LogP contribution < -0.4 is 10.2 Å². The molecule has 1 aliphatic heterocycles. The van der Waals surface area contributed by atoms with E-state index in [1.165, 1.54) is 12.5 Å². The average Bonchev–Trinajstić information content (AvgIpc) is 2.60.